The van der Waals surface area contributed by atoms with Gasteiger partial charge in [-0.05, 0) is 35.9 Å². The first-order valence-electron chi connectivity index (χ1n) is 6.15. The Morgan fingerprint density at radius 3 is 2.55 bits per heavy atom. The number of nitro groups is 1. The summed E-state index contributed by atoms with van der Waals surface area (Å²) in [6.45, 7) is 0. The minimum absolute atomic E-state index is 0.0224. The molecule has 0 bridgehead atoms. The summed E-state index contributed by atoms with van der Waals surface area (Å²) in [5.74, 6) is -1.25. The Morgan fingerprint density at radius 1 is 1.23 bits per heavy atom. The first-order chi connectivity index (χ1) is 10.5. The van der Waals surface area contributed by atoms with Crippen LogP contribution in [0.25, 0.3) is 6.08 Å². The van der Waals surface area contributed by atoms with Gasteiger partial charge in [0.15, 0.2) is 5.82 Å². The molecule has 7 heteroatoms. The van der Waals surface area contributed by atoms with Gasteiger partial charge in [-0.2, -0.15) is 0 Å². The predicted octanol–water partition coefficient (Wildman–Crippen LogP) is 4.04. The predicted molar refractivity (Wildman–Crippen MR) is 82.2 cm³/mol. The van der Waals surface area contributed by atoms with Crippen LogP contribution in [0.4, 0.5) is 15.8 Å². The van der Waals surface area contributed by atoms with Gasteiger partial charge in [-0.25, -0.2) is 4.39 Å². The van der Waals surface area contributed by atoms with Gasteiger partial charge in [-0.15, -0.1) is 0 Å². The van der Waals surface area contributed by atoms with Crippen LogP contribution in [0.2, 0.25) is 5.02 Å². The molecule has 0 aromatic heterocycles. The highest BCUT2D eigenvalue weighted by Crippen LogP contribution is 2.22. The van der Waals surface area contributed by atoms with E-state index in [0.29, 0.717) is 5.56 Å². The normalized spacial score (nSPS) is 10.6. The molecular formula is C15H10ClFN2O3. The number of hydrogen-bond acceptors (Lipinski definition) is 3. The molecule has 0 aliphatic rings. The smallest absolute Gasteiger partial charge is 0.269 e. The van der Waals surface area contributed by atoms with Gasteiger partial charge in [-0.1, -0.05) is 17.7 Å². The van der Waals surface area contributed by atoms with E-state index in [0.717, 1.165) is 0 Å². The van der Waals surface area contributed by atoms with Gasteiger partial charge in [0.2, 0.25) is 5.91 Å². The number of nitrogens with one attached hydrogen (secondary N) is 1. The van der Waals surface area contributed by atoms with Crippen LogP contribution in [0, 0.1) is 15.9 Å². The van der Waals surface area contributed by atoms with Crippen molar-refractivity contribution in [3.63, 3.8) is 0 Å². The van der Waals surface area contributed by atoms with Gasteiger partial charge in [0.25, 0.3) is 5.69 Å². The summed E-state index contributed by atoms with van der Waals surface area (Å²) in [5.41, 5.74) is 0.542. The first kappa shape index (κ1) is 15.7. The Kier molecular flexibility index (Phi) is 4.85. The molecule has 5 nitrogen and oxygen atoms in total. The van der Waals surface area contributed by atoms with Crippen LogP contribution in [0.5, 0.6) is 0 Å². The molecule has 0 spiro atoms. The molecule has 2 aromatic rings. The molecule has 0 saturated heterocycles. The van der Waals surface area contributed by atoms with Crippen molar-refractivity contribution in [3.8, 4) is 0 Å². The Labute approximate surface area is 130 Å². The highest BCUT2D eigenvalue weighted by Gasteiger charge is 2.08. The number of anilines is 1. The van der Waals surface area contributed by atoms with E-state index in [2.05, 4.69) is 5.32 Å². The summed E-state index contributed by atoms with van der Waals surface area (Å²) in [4.78, 5) is 21.7. The third kappa shape index (κ3) is 3.89. The molecule has 0 heterocycles. The van der Waals surface area contributed by atoms with Crippen molar-refractivity contribution < 1.29 is 14.1 Å². The second kappa shape index (κ2) is 6.82. The number of rotatable bonds is 4. The largest absolute Gasteiger partial charge is 0.320 e. The Morgan fingerprint density at radius 2 is 1.91 bits per heavy atom. The molecule has 2 rings (SSSR count). The molecule has 0 atom stereocenters. The second-order valence-corrected chi connectivity index (χ2v) is 4.68. The van der Waals surface area contributed by atoms with Crippen molar-refractivity contribution >= 4 is 35.0 Å². The van der Waals surface area contributed by atoms with Gasteiger partial charge < -0.3 is 5.32 Å². The second-order valence-electron chi connectivity index (χ2n) is 4.27. The van der Waals surface area contributed by atoms with Crippen molar-refractivity contribution in [3.05, 3.63) is 75.1 Å². The van der Waals surface area contributed by atoms with Crippen molar-refractivity contribution in [1.82, 2.24) is 0 Å². The molecular weight excluding hydrogens is 311 g/mol. The maximum atomic E-state index is 13.6. The number of non-ortho nitro benzene ring substituents is 1. The lowest BCUT2D eigenvalue weighted by atomic mass is 10.2. The summed E-state index contributed by atoms with van der Waals surface area (Å²) in [6.07, 6.45) is 2.66. The van der Waals surface area contributed by atoms with Crippen molar-refractivity contribution in [1.29, 1.82) is 0 Å². The molecule has 0 aliphatic heterocycles. The number of hydrogen-bond donors (Lipinski definition) is 1. The van der Waals surface area contributed by atoms with Crippen LogP contribution in [-0.4, -0.2) is 10.8 Å². The number of benzene rings is 2. The molecule has 0 aliphatic carbocycles. The van der Waals surface area contributed by atoms with E-state index in [-0.39, 0.29) is 16.4 Å². The van der Waals surface area contributed by atoms with E-state index in [9.17, 15) is 19.3 Å². The van der Waals surface area contributed by atoms with Crippen LogP contribution >= 0.6 is 11.6 Å². The topological polar surface area (TPSA) is 72.2 Å². The average Bonchev–Trinajstić information content (AvgIpc) is 2.50. The van der Waals surface area contributed by atoms with Crippen LogP contribution in [-0.2, 0) is 4.79 Å². The average molecular weight is 321 g/mol. The van der Waals surface area contributed by atoms with E-state index in [4.69, 9.17) is 11.6 Å². The Hall–Kier alpha value is -2.73. The minimum Gasteiger partial charge on any atom is -0.320 e. The number of halogens is 2. The van der Waals surface area contributed by atoms with E-state index in [1.807, 2.05) is 0 Å². The lowest BCUT2D eigenvalue weighted by molar-refractivity contribution is -0.384. The fourth-order valence-electron chi connectivity index (χ4n) is 1.65. The van der Waals surface area contributed by atoms with Gasteiger partial charge >= 0.3 is 0 Å². The molecule has 112 valence electrons. The van der Waals surface area contributed by atoms with Gasteiger partial charge in [0.1, 0.15) is 0 Å². The highest BCUT2D eigenvalue weighted by atomic mass is 35.5. The van der Waals surface area contributed by atoms with Crippen LogP contribution in [0.3, 0.4) is 0 Å². The molecule has 0 unspecified atom stereocenters. The summed E-state index contributed by atoms with van der Waals surface area (Å²) in [6, 6.07) is 9.94. The molecule has 0 radical (unpaired) electrons. The molecule has 1 N–H and O–H groups in total. The monoisotopic (exact) mass is 320 g/mol. The lowest BCUT2D eigenvalue weighted by Gasteiger charge is -2.04. The van der Waals surface area contributed by atoms with Gasteiger partial charge in [0, 0.05) is 18.2 Å². The fourth-order valence-corrected chi connectivity index (χ4v) is 1.83. The number of carbonyl (C=O) groups is 1. The maximum Gasteiger partial charge on any atom is 0.269 e. The lowest BCUT2D eigenvalue weighted by Crippen LogP contribution is -2.09. The minimum atomic E-state index is -0.707. The van der Waals surface area contributed by atoms with Crippen molar-refractivity contribution in [2.24, 2.45) is 0 Å². The van der Waals surface area contributed by atoms with E-state index in [1.54, 1.807) is 0 Å². The number of nitro benzene ring substituents is 1. The Balaban J connectivity index is 2.05. The van der Waals surface area contributed by atoms with Crippen molar-refractivity contribution in [2.45, 2.75) is 0 Å². The van der Waals surface area contributed by atoms with Crippen molar-refractivity contribution in [2.75, 3.05) is 5.32 Å². The molecule has 1 amide bonds. The van der Waals surface area contributed by atoms with Gasteiger partial charge in [0.05, 0.1) is 15.6 Å². The summed E-state index contributed by atoms with van der Waals surface area (Å²) in [7, 11) is 0. The van der Waals surface area contributed by atoms with Crippen LogP contribution < -0.4 is 5.32 Å². The standard InChI is InChI=1S/C15H10ClFN2O3/c16-12-2-1-3-13(15(12)17)18-14(20)9-6-10-4-7-11(8-5-10)19(21)22/h1-9H,(H,18,20)/b9-6+. The van der Waals surface area contributed by atoms with E-state index in [1.165, 1.54) is 54.6 Å². The molecule has 0 fully saturated rings. The fraction of sp³-hybridized carbons (Fsp3) is 0. The first-order valence-corrected chi connectivity index (χ1v) is 6.52. The summed E-state index contributed by atoms with van der Waals surface area (Å²) < 4.78 is 13.6. The maximum absolute atomic E-state index is 13.6. The van der Waals surface area contributed by atoms with Crippen LogP contribution in [0.1, 0.15) is 5.56 Å². The molecule has 22 heavy (non-hydrogen) atoms. The SMILES string of the molecule is O=C(/C=C/c1ccc([N+](=O)[O-])cc1)Nc1cccc(Cl)c1F. The summed E-state index contributed by atoms with van der Waals surface area (Å²) in [5, 5.41) is 12.8. The zero-order valence-corrected chi connectivity index (χ0v) is 11.9. The number of amides is 1. The Bertz CT molecular complexity index is 745. The summed E-state index contributed by atoms with van der Waals surface area (Å²) >= 11 is 5.61. The third-order valence-corrected chi connectivity index (χ3v) is 3.03. The zero-order valence-electron chi connectivity index (χ0n) is 11.1. The zero-order chi connectivity index (χ0) is 16.1. The van der Waals surface area contributed by atoms with E-state index < -0.39 is 16.6 Å². The number of nitrogens with zero attached hydrogens (tertiary/aromatic N) is 1. The molecule has 0 saturated carbocycles. The molecule has 2 aromatic carbocycles. The van der Waals surface area contributed by atoms with E-state index >= 15 is 0 Å². The van der Waals surface area contributed by atoms with Crippen LogP contribution in [0.15, 0.2) is 48.5 Å². The van der Waals surface area contributed by atoms with Gasteiger partial charge in [-0.3, -0.25) is 14.9 Å². The highest BCUT2D eigenvalue weighted by molar-refractivity contribution is 6.31. The third-order valence-electron chi connectivity index (χ3n) is 2.74. The number of carbonyl (C=O) groups excluding carboxylic acids is 1. The quantitative estimate of drug-likeness (QED) is 0.525.